The molecule has 0 heterocycles. The molecule has 0 fully saturated rings. The van der Waals surface area contributed by atoms with E-state index in [2.05, 4.69) is 43.5 Å². The summed E-state index contributed by atoms with van der Waals surface area (Å²) in [5, 5.41) is 23.2. The van der Waals surface area contributed by atoms with Gasteiger partial charge in [0, 0.05) is 12.8 Å². The Morgan fingerprint density at radius 1 is 0.368 bits per heavy atom. The van der Waals surface area contributed by atoms with Gasteiger partial charge in [0.05, 0.1) is 25.4 Å². The molecule has 0 aromatic rings. The Labute approximate surface area is 474 Å². The molecule has 6 heteroatoms. The predicted molar refractivity (Wildman–Crippen MR) is 333 cm³/mol. The molecule has 448 valence electrons. The predicted octanol–water partition coefficient (Wildman–Crippen LogP) is 21.9. The van der Waals surface area contributed by atoms with Crippen molar-refractivity contribution in [3.63, 3.8) is 0 Å². The molecular formula is C70H133NO5. The quantitative estimate of drug-likeness (QED) is 0.0320. The highest BCUT2D eigenvalue weighted by Gasteiger charge is 2.18. The van der Waals surface area contributed by atoms with Crippen LogP contribution in [0.3, 0.4) is 0 Å². The largest absolute Gasteiger partial charge is 0.466 e. The van der Waals surface area contributed by atoms with Crippen molar-refractivity contribution in [2.24, 2.45) is 0 Å². The van der Waals surface area contributed by atoms with E-state index in [-0.39, 0.29) is 18.5 Å². The number of aliphatic hydroxyl groups is 2. The summed E-state index contributed by atoms with van der Waals surface area (Å²) < 4.78 is 5.49. The Morgan fingerprint density at radius 3 is 1.01 bits per heavy atom. The molecule has 6 nitrogen and oxygen atoms in total. The van der Waals surface area contributed by atoms with E-state index in [1.54, 1.807) is 6.08 Å². The van der Waals surface area contributed by atoms with Crippen LogP contribution in [-0.2, 0) is 14.3 Å². The van der Waals surface area contributed by atoms with Crippen LogP contribution >= 0.6 is 0 Å². The number of carbonyl (C=O) groups excluding carboxylic acids is 2. The van der Waals surface area contributed by atoms with Crippen LogP contribution < -0.4 is 5.32 Å². The minimum absolute atomic E-state index is 0.00520. The van der Waals surface area contributed by atoms with Crippen molar-refractivity contribution in [3.05, 3.63) is 36.5 Å². The molecule has 0 spiro atoms. The third kappa shape index (κ3) is 61.3. The van der Waals surface area contributed by atoms with E-state index in [9.17, 15) is 19.8 Å². The maximum absolute atomic E-state index is 12.5. The first-order valence-corrected chi connectivity index (χ1v) is 34.3. The van der Waals surface area contributed by atoms with E-state index >= 15 is 0 Å². The second-order valence-electron chi connectivity index (χ2n) is 23.5. The molecule has 0 aromatic heterocycles. The molecule has 0 radical (unpaired) electrons. The molecule has 0 saturated heterocycles. The number of hydrogen-bond acceptors (Lipinski definition) is 5. The van der Waals surface area contributed by atoms with Crippen molar-refractivity contribution in [2.45, 2.75) is 386 Å². The van der Waals surface area contributed by atoms with E-state index in [4.69, 9.17) is 4.74 Å². The lowest BCUT2D eigenvalue weighted by Gasteiger charge is -2.20. The zero-order valence-corrected chi connectivity index (χ0v) is 51.3. The monoisotopic (exact) mass is 1070 g/mol. The molecular weight excluding hydrogens is 935 g/mol. The fourth-order valence-corrected chi connectivity index (χ4v) is 10.7. The van der Waals surface area contributed by atoms with Gasteiger partial charge in [-0.3, -0.25) is 9.59 Å². The molecule has 0 aliphatic rings. The molecule has 0 saturated carbocycles. The van der Waals surface area contributed by atoms with Gasteiger partial charge < -0.3 is 20.3 Å². The Balaban J connectivity index is 3.36. The molecule has 0 aliphatic carbocycles. The van der Waals surface area contributed by atoms with E-state index in [1.165, 1.54) is 295 Å². The third-order valence-electron chi connectivity index (χ3n) is 15.9. The molecule has 76 heavy (non-hydrogen) atoms. The molecule has 0 rings (SSSR count). The number of carbonyl (C=O) groups is 2. The molecule has 3 N–H and O–H groups in total. The highest BCUT2D eigenvalue weighted by molar-refractivity contribution is 5.76. The highest BCUT2D eigenvalue weighted by atomic mass is 16.5. The van der Waals surface area contributed by atoms with Crippen LogP contribution in [0, 0.1) is 0 Å². The molecule has 0 bridgehead atoms. The number of rotatable bonds is 64. The van der Waals surface area contributed by atoms with E-state index in [1.807, 2.05) is 6.08 Å². The SMILES string of the molecule is CCCCCC/C=C\C/C=C\CCCCCCCC(=O)OCCCCCCCCCCCCCCCCCCCCCCCCCCCCCCC(=O)NC(CO)C(O)/C=C/CCCCCCCCCCCCCCC. The van der Waals surface area contributed by atoms with Gasteiger partial charge in [-0.1, -0.05) is 333 Å². The van der Waals surface area contributed by atoms with E-state index in [0.29, 0.717) is 19.4 Å². The van der Waals surface area contributed by atoms with Gasteiger partial charge in [-0.05, 0) is 64.2 Å². The van der Waals surface area contributed by atoms with Crippen molar-refractivity contribution in [1.82, 2.24) is 5.32 Å². The second kappa shape index (κ2) is 65.6. The first kappa shape index (κ1) is 74.1. The van der Waals surface area contributed by atoms with Gasteiger partial charge in [-0.2, -0.15) is 0 Å². The second-order valence-corrected chi connectivity index (χ2v) is 23.5. The lowest BCUT2D eigenvalue weighted by atomic mass is 10.0. The normalized spacial score (nSPS) is 12.7. The highest BCUT2D eigenvalue weighted by Crippen LogP contribution is 2.18. The smallest absolute Gasteiger partial charge is 0.305 e. The van der Waals surface area contributed by atoms with Gasteiger partial charge >= 0.3 is 5.97 Å². The number of amides is 1. The standard InChI is InChI=1S/C70H133NO5/c1-3-5-7-9-11-13-15-17-19-36-40-44-48-52-56-60-64-70(75)76-65-61-57-53-49-45-41-37-33-31-29-27-25-23-21-20-22-24-26-28-30-32-35-39-43-47-51-55-59-63-69(74)71-67(66-72)68(73)62-58-54-50-46-42-38-34-18-16-14-12-10-8-6-4-2/h13,15,19,36,58,62,67-68,72-73H,3-12,14,16-18,20-35,37-57,59-61,63-66H2,1-2H3,(H,71,74)/b15-13-,36-19-,62-58+. The van der Waals surface area contributed by atoms with Gasteiger partial charge in [0.1, 0.15) is 0 Å². The number of hydrogen-bond donors (Lipinski definition) is 3. The lowest BCUT2D eigenvalue weighted by Crippen LogP contribution is -2.45. The Kier molecular flexibility index (Phi) is 63.9. The van der Waals surface area contributed by atoms with Crippen molar-refractivity contribution < 1.29 is 24.5 Å². The maximum atomic E-state index is 12.5. The number of nitrogens with one attached hydrogen (secondary N) is 1. The topological polar surface area (TPSA) is 95.9 Å². The van der Waals surface area contributed by atoms with Crippen LogP contribution in [0.4, 0.5) is 0 Å². The van der Waals surface area contributed by atoms with Crippen molar-refractivity contribution >= 4 is 11.9 Å². The van der Waals surface area contributed by atoms with Crippen LogP contribution in [-0.4, -0.2) is 47.4 Å². The van der Waals surface area contributed by atoms with Crippen LogP contribution in [0.15, 0.2) is 36.5 Å². The molecule has 0 aromatic carbocycles. The molecule has 0 aliphatic heterocycles. The summed E-state index contributed by atoms with van der Waals surface area (Å²) >= 11 is 0. The van der Waals surface area contributed by atoms with Crippen molar-refractivity contribution in [1.29, 1.82) is 0 Å². The van der Waals surface area contributed by atoms with Gasteiger partial charge in [0.25, 0.3) is 0 Å². The van der Waals surface area contributed by atoms with Gasteiger partial charge in [0.2, 0.25) is 5.91 Å². The zero-order valence-electron chi connectivity index (χ0n) is 51.3. The Morgan fingerprint density at radius 2 is 0.658 bits per heavy atom. The van der Waals surface area contributed by atoms with Gasteiger partial charge in [-0.25, -0.2) is 0 Å². The van der Waals surface area contributed by atoms with Crippen LogP contribution in [0.2, 0.25) is 0 Å². The summed E-state index contributed by atoms with van der Waals surface area (Å²) in [6.45, 7) is 4.91. The zero-order chi connectivity index (χ0) is 55.0. The van der Waals surface area contributed by atoms with Crippen LogP contribution in [0.25, 0.3) is 0 Å². The Bertz CT molecular complexity index is 1230. The Hall–Kier alpha value is -1.92. The number of aliphatic hydroxyl groups excluding tert-OH is 2. The molecule has 1 amide bonds. The summed E-state index contributed by atoms with van der Waals surface area (Å²) in [5.74, 6) is -0.0578. The maximum Gasteiger partial charge on any atom is 0.305 e. The molecule has 2 unspecified atom stereocenters. The number of unbranched alkanes of at least 4 members (excludes halogenated alkanes) is 49. The third-order valence-corrected chi connectivity index (χ3v) is 15.9. The van der Waals surface area contributed by atoms with Crippen LogP contribution in [0.1, 0.15) is 373 Å². The van der Waals surface area contributed by atoms with Gasteiger partial charge in [0.15, 0.2) is 0 Å². The summed E-state index contributed by atoms with van der Waals surface area (Å²) in [4.78, 5) is 24.6. The number of esters is 1. The lowest BCUT2D eigenvalue weighted by molar-refractivity contribution is -0.143. The first-order valence-electron chi connectivity index (χ1n) is 34.3. The van der Waals surface area contributed by atoms with Crippen molar-refractivity contribution in [2.75, 3.05) is 13.2 Å². The average molecular weight is 1070 g/mol. The number of ether oxygens (including phenoxy) is 1. The fourth-order valence-electron chi connectivity index (χ4n) is 10.7. The fraction of sp³-hybridized carbons (Fsp3) is 0.886. The van der Waals surface area contributed by atoms with Gasteiger partial charge in [-0.15, -0.1) is 0 Å². The average Bonchev–Trinajstić information content (AvgIpc) is 3.42. The van der Waals surface area contributed by atoms with Crippen LogP contribution in [0.5, 0.6) is 0 Å². The van der Waals surface area contributed by atoms with E-state index in [0.717, 1.165) is 51.4 Å². The van der Waals surface area contributed by atoms with E-state index < -0.39 is 12.1 Å². The summed E-state index contributed by atoms with van der Waals surface area (Å²) in [7, 11) is 0. The molecule has 2 atom stereocenters. The van der Waals surface area contributed by atoms with Crippen molar-refractivity contribution in [3.8, 4) is 0 Å². The minimum atomic E-state index is -0.842. The summed E-state index contributed by atoms with van der Waals surface area (Å²) in [5.41, 5.74) is 0. The summed E-state index contributed by atoms with van der Waals surface area (Å²) in [6, 6.07) is -0.625. The minimum Gasteiger partial charge on any atom is -0.466 e. The number of allylic oxidation sites excluding steroid dienone is 5. The first-order chi connectivity index (χ1) is 37.5. The summed E-state index contributed by atoms with van der Waals surface area (Å²) in [6.07, 6.45) is 83.6.